The molecule has 1 aromatic rings. The molecule has 0 aliphatic rings. The van der Waals surface area contributed by atoms with Crippen molar-refractivity contribution >= 4 is 0 Å². The zero-order valence-electron chi connectivity index (χ0n) is 10.8. The van der Waals surface area contributed by atoms with E-state index in [0.717, 1.165) is 31.7 Å². The number of rotatable bonds is 7. The van der Waals surface area contributed by atoms with Gasteiger partial charge in [0.1, 0.15) is 11.5 Å². The Morgan fingerprint density at radius 2 is 2.06 bits per heavy atom. The predicted molar refractivity (Wildman–Crippen MR) is 67.5 cm³/mol. The summed E-state index contributed by atoms with van der Waals surface area (Å²) in [5.74, 6) is 0.955. The number of hydrogen-bond donors (Lipinski definition) is 1. The van der Waals surface area contributed by atoms with Crippen LogP contribution in [-0.4, -0.2) is 44.4 Å². The minimum Gasteiger partial charge on any atom is -0.507 e. The van der Waals surface area contributed by atoms with Gasteiger partial charge in [-0.05, 0) is 19.5 Å². The topological polar surface area (TPSA) is 41.9 Å². The molecule has 1 rings (SSSR count). The Balaban J connectivity index is 2.50. The van der Waals surface area contributed by atoms with Crippen molar-refractivity contribution in [2.24, 2.45) is 0 Å². The van der Waals surface area contributed by atoms with Gasteiger partial charge in [0.05, 0.1) is 7.11 Å². The fourth-order valence-electron chi connectivity index (χ4n) is 1.65. The number of ether oxygens (including phenoxy) is 2. The van der Waals surface area contributed by atoms with E-state index < -0.39 is 0 Å². The monoisotopic (exact) mass is 239 g/mol. The Hall–Kier alpha value is -1.26. The molecule has 0 aliphatic carbocycles. The van der Waals surface area contributed by atoms with Crippen molar-refractivity contribution in [1.29, 1.82) is 0 Å². The summed E-state index contributed by atoms with van der Waals surface area (Å²) in [6.07, 6.45) is 0.990. The average molecular weight is 239 g/mol. The number of aromatic hydroxyl groups is 1. The van der Waals surface area contributed by atoms with Crippen molar-refractivity contribution in [3.05, 3.63) is 23.8 Å². The third-order valence-corrected chi connectivity index (χ3v) is 2.62. The SMILES string of the molecule is COCCCN(C)Cc1ccc(OC)cc1O. The molecule has 1 aromatic carbocycles. The van der Waals surface area contributed by atoms with Gasteiger partial charge in [-0.1, -0.05) is 6.07 Å². The fraction of sp³-hybridized carbons (Fsp3) is 0.538. The molecule has 17 heavy (non-hydrogen) atoms. The van der Waals surface area contributed by atoms with E-state index in [1.54, 1.807) is 20.3 Å². The Labute approximate surface area is 103 Å². The van der Waals surface area contributed by atoms with Crippen LogP contribution in [0.2, 0.25) is 0 Å². The fourth-order valence-corrected chi connectivity index (χ4v) is 1.65. The van der Waals surface area contributed by atoms with Crippen LogP contribution in [0.25, 0.3) is 0 Å². The first-order chi connectivity index (χ1) is 8.17. The van der Waals surface area contributed by atoms with Gasteiger partial charge in [0.25, 0.3) is 0 Å². The molecule has 4 heteroatoms. The number of benzene rings is 1. The summed E-state index contributed by atoms with van der Waals surface area (Å²) >= 11 is 0. The minimum absolute atomic E-state index is 0.281. The zero-order chi connectivity index (χ0) is 12.7. The maximum Gasteiger partial charge on any atom is 0.123 e. The highest BCUT2D eigenvalue weighted by atomic mass is 16.5. The molecule has 0 saturated carbocycles. The van der Waals surface area contributed by atoms with E-state index in [1.165, 1.54) is 0 Å². The lowest BCUT2D eigenvalue weighted by molar-refractivity contribution is 0.178. The molecule has 1 N–H and O–H groups in total. The molecule has 0 radical (unpaired) electrons. The van der Waals surface area contributed by atoms with Gasteiger partial charge in [-0.25, -0.2) is 0 Å². The second kappa shape index (κ2) is 7.14. The van der Waals surface area contributed by atoms with E-state index in [4.69, 9.17) is 9.47 Å². The molecule has 4 nitrogen and oxygen atoms in total. The lowest BCUT2D eigenvalue weighted by Gasteiger charge is -2.17. The smallest absolute Gasteiger partial charge is 0.123 e. The van der Waals surface area contributed by atoms with Gasteiger partial charge < -0.3 is 19.5 Å². The minimum atomic E-state index is 0.281. The first-order valence-corrected chi connectivity index (χ1v) is 5.70. The number of nitrogens with zero attached hydrogens (tertiary/aromatic N) is 1. The van der Waals surface area contributed by atoms with Gasteiger partial charge in [0.2, 0.25) is 0 Å². The van der Waals surface area contributed by atoms with Gasteiger partial charge in [-0.15, -0.1) is 0 Å². The van der Waals surface area contributed by atoms with E-state index in [-0.39, 0.29) is 5.75 Å². The molecular weight excluding hydrogens is 218 g/mol. The molecule has 0 bridgehead atoms. The summed E-state index contributed by atoms with van der Waals surface area (Å²) in [6.45, 7) is 2.43. The normalized spacial score (nSPS) is 10.8. The second-order valence-electron chi connectivity index (χ2n) is 4.08. The zero-order valence-corrected chi connectivity index (χ0v) is 10.8. The molecule has 0 amide bonds. The Morgan fingerprint density at radius 3 is 2.65 bits per heavy atom. The molecule has 0 fully saturated rings. The molecule has 0 saturated heterocycles. The summed E-state index contributed by atoms with van der Waals surface area (Å²) in [6, 6.07) is 5.39. The molecule has 0 aliphatic heterocycles. The highest BCUT2D eigenvalue weighted by molar-refractivity contribution is 5.39. The van der Waals surface area contributed by atoms with Crippen molar-refractivity contribution in [1.82, 2.24) is 4.90 Å². The number of phenolic OH excluding ortho intramolecular Hbond substituents is 1. The molecule has 96 valence electrons. The number of methoxy groups -OCH3 is 2. The van der Waals surface area contributed by atoms with Crippen molar-refractivity contribution in [2.45, 2.75) is 13.0 Å². The molecule has 0 heterocycles. The maximum atomic E-state index is 9.81. The Kier molecular flexibility index (Phi) is 5.80. The maximum absolute atomic E-state index is 9.81. The quantitative estimate of drug-likeness (QED) is 0.738. The summed E-state index contributed by atoms with van der Waals surface area (Å²) in [5.41, 5.74) is 0.908. The van der Waals surface area contributed by atoms with Crippen molar-refractivity contribution in [2.75, 3.05) is 34.4 Å². The third-order valence-electron chi connectivity index (χ3n) is 2.62. The lowest BCUT2D eigenvalue weighted by Crippen LogP contribution is -2.20. The highest BCUT2D eigenvalue weighted by Gasteiger charge is 2.06. The number of phenols is 1. The standard InChI is InChI=1S/C13H21NO3/c1-14(7-4-8-16-2)10-11-5-6-12(17-3)9-13(11)15/h5-6,9,15H,4,7-8,10H2,1-3H3. The van der Waals surface area contributed by atoms with Crippen LogP contribution in [0, 0.1) is 0 Å². The van der Waals surface area contributed by atoms with E-state index in [1.807, 2.05) is 19.2 Å². The van der Waals surface area contributed by atoms with Gasteiger partial charge >= 0.3 is 0 Å². The van der Waals surface area contributed by atoms with Crippen molar-refractivity contribution < 1.29 is 14.6 Å². The van der Waals surface area contributed by atoms with E-state index in [0.29, 0.717) is 5.75 Å². The lowest BCUT2D eigenvalue weighted by atomic mass is 10.2. The average Bonchev–Trinajstić information content (AvgIpc) is 2.32. The summed E-state index contributed by atoms with van der Waals surface area (Å²) < 4.78 is 10.0. The summed E-state index contributed by atoms with van der Waals surface area (Å²) in [5, 5.41) is 9.81. The van der Waals surface area contributed by atoms with Crippen LogP contribution >= 0.6 is 0 Å². The Bertz CT molecular complexity index is 341. The van der Waals surface area contributed by atoms with Crippen LogP contribution in [-0.2, 0) is 11.3 Å². The van der Waals surface area contributed by atoms with Crippen LogP contribution in [0.1, 0.15) is 12.0 Å². The molecule has 0 unspecified atom stereocenters. The second-order valence-corrected chi connectivity index (χ2v) is 4.08. The molecule has 0 atom stereocenters. The van der Waals surface area contributed by atoms with E-state index in [2.05, 4.69) is 4.90 Å². The van der Waals surface area contributed by atoms with Crippen molar-refractivity contribution in [3.63, 3.8) is 0 Å². The number of hydrogen-bond acceptors (Lipinski definition) is 4. The van der Waals surface area contributed by atoms with Crippen LogP contribution in [0.3, 0.4) is 0 Å². The van der Waals surface area contributed by atoms with Gasteiger partial charge in [-0.3, -0.25) is 0 Å². The van der Waals surface area contributed by atoms with Crippen LogP contribution in [0.5, 0.6) is 11.5 Å². The molecule has 0 spiro atoms. The Morgan fingerprint density at radius 1 is 1.29 bits per heavy atom. The highest BCUT2D eigenvalue weighted by Crippen LogP contribution is 2.24. The largest absolute Gasteiger partial charge is 0.507 e. The van der Waals surface area contributed by atoms with Gasteiger partial charge in [-0.2, -0.15) is 0 Å². The van der Waals surface area contributed by atoms with Crippen LogP contribution in [0.15, 0.2) is 18.2 Å². The molecular formula is C13H21NO3. The summed E-state index contributed by atoms with van der Waals surface area (Å²) in [7, 11) is 5.32. The summed E-state index contributed by atoms with van der Waals surface area (Å²) in [4.78, 5) is 2.15. The van der Waals surface area contributed by atoms with Gasteiger partial charge in [0.15, 0.2) is 0 Å². The third kappa shape index (κ3) is 4.63. The van der Waals surface area contributed by atoms with E-state index >= 15 is 0 Å². The van der Waals surface area contributed by atoms with Crippen LogP contribution < -0.4 is 4.74 Å². The van der Waals surface area contributed by atoms with Crippen LogP contribution in [0.4, 0.5) is 0 Å². The van der Waals surface area contributed by atoms with E-state index in [9.17, 15) is 5.11 Å². The first-order valence-electron chi connectivity index (χ1n) is 5.70. The predicted octanol–water partition coefficient (Wildman–Crippen LogP) is 1.87. The van der Waals surface area contributed by atoms with Crippen molar-refractivity contribution in [3.8, 4) is 11.5 Å². The van der Waals surface area contributed by atoms with Gasteiger partial charge in [0, 0.05) is 38.4 Å². The first kappa shape index (κ1) is 13.8. The molecule has 0 aromatic heterocycles.